The van der Waals surface area contributed by atoms with Crippen molar-refractivity contribution in [2.75, 3.05) is 18.9 Å². The van der Waals surface area contributed by atoms with E-state index in [4.69, 9.17) is 15.2 Å². The molecule has 0 aromatic heterocycles. The summed E-state index contributed by atoms with van der Waals surface area (Å²) >= 11 is 0. The Morgan fingerprint density at radius 1 is 1.38 bits per heavy atom. The van der Waals surface area contributed by atoms with Gasteiger partial charge >= 0.3 is 5.97 Å². The second-order valence-corrected chi connectivity index (χ2v) is 3.51. The summed E-state index contributed by atoms with van der Waals surface area (Å²) in [6.45, 7) is 5.82. The predicted molar refractivity (Wildman–Crippen MR) is 62.5 cm³/mol. The highest BCUT2D eigenvalue weighted by Gasteiger charge is 2.08. The van der Waals surface area contributed by atoms with Crippen LogP contribution in [0.25, 0.3) is 0 Å². The maximum atomic E-state index is 11.1. The number of benzene rings is 1. The second kappa shape index (κ2) is 5.39. The Hall–Kier alpha value is -1.71. The van der Waals surface area contributed by atoms with Crippen LogP contribution in [0.3, 0.4) is 0 Å². The van der Waals surface area contributed by atoms with Crippen molar-refractivity contribution in [3.8, 4) is 5.75 Å². The van der Waals surface area contributed by atoms with Crippen molar-refractivity contribution in [3.05, 3.63) is 23.3 Å². The van der Waals surface area contributed by atoms with Gasteiger partial charge in [0.05, 0.1) is 6.61 Å². The third-order valence-corrected chi connectivity index (χ3v) is 2.33. The molecular formula is C12H17NO3. The number of nitrogen functional groups attached to an aromatic ring is 1. The molecule has 4 nitrogen and oxygen atoms in total. The molecule has 0 unspecified atom stereocenters. The molecule has 2 N–H and O–H groups in total. The van der Waals surface area contributed by atoms with E-state index in [9.17, 15) is 4.79 Å². The van der Waals surface area contributed by atoms with E-state index in [0.717, 1.165) is 11.1 Å². The molecule has 0 bridgehead atoms. The minimum Gasteiger partial charge on any atom is -0.482 e. The second-order valence-electron chi connectivity index (χ2n) is 3.51. The highest BCUT2D eigenvalue weighted by Crippen LogP contribution is 2.26. The quantitative estimate of drug-likeness (QED) is 0.624. The summed E-state index contributed by atoms with van der Waals surface area (Å²) in [7, 11) is 0. The van der Waals surface area contributed by atoms with E-state index >= 15 is 0 Å². The molecular weight excluding hydrogens is 206 g/mol. The molecule has 0 atom stereocenters. The van der Waals surface area contributed by atoms with Crippen LogP contribution in [0, 0.1) is 13.8 Å². The summed E-state index contributed by atoms with van der Waals surface area (Å²) in [5.41, 5.74) is 8.40. The van der Waals surface area contributed by atoms with E-state index in [2.05, 4.69) is 0 Å². The summed E-state index contributed by atoms with van der Waals surface area (Å²) in [5, 5.41) is 0. The zero-order chi connectivity index (χ0) is 12.1. The number of carbonyl (C=O) groups excluding carboxylic acids is 1. The van der Waals surface area contributed by atoms with Crippen molar-refractivity contribution in [3.63, 3.8) is 0 Å². The Kier molecular flexibility index (Phi) is 4.17. The van der Waals surface area contributed by atoms with Gasteiger partial charge in [0, 0.05) is 11.3 Å². The number of hydrogen-bond acceptors (Lipinski definition) is 4. The molecule has 1 aromatic rings. The average Bonchev–Trinajstić information content (AvgIpc) is 2.25. The summed E-state index contributed by atoms with van der Waals surface area (Å²) in [6.07, 6.45) is 0. The van der Waals surface area contributed by atoms with Crippen LogP contribution in [0.5, 0.6) is 5.75 Å². The van der Waals surface area contributed by atoms with Crippen molar-refractivity contribution in [1.82, 2.24) is 0 Å². The van der Waals surface area contributed by atoms with Crippen molar-refractivity contribution in [1.29, 1.82) is 0 Å². The number of rotatable bonds is 4. The van der Waals surface area contributed by atoms with E-state index in [1.165, 1.54) is 0 Å². The number of ether oxygens (including phenoxy) is 2. The van der Waals surface area contributed by atoms with Crippen LogP contribution < -0.4 is 10.5 Å². The average molecular weight is 223 g/mol. The van der Waals surface area contributed by atoms with Crippen molar-refractivity contribution in [2.45, 2.75) is 20.8 Å². The van der Waals surface area contributed by atoms with Crippen LogP contribution >= 0.6 is 0 Å². The minimum atomic E-state index is -0.374. The number of aryl methyl sites for hydroxylation is 1. The number of esters is 1. The fourth-order valence-corrected chi connectivity index (χ4v) is 1.34. The molecule has 0 aliphatic rings. The molecule has 0 heterocycles. The van der Waals surface area contributed by atoms with Crippen LogP contribution in [0.1, 0.15) is 18.1 Å². The van der Waals surface area contributed by atoms with Gasteiger partial charge in [-0.1, -0.05) is 6.07 Å². The summed E-state index contributed by atoms with van der Waals surface area (Å²) in [6, 6.07) is 3.67. The molecule has 88 valence electrons. The fourth-order valence-electron chi connectivity index (χ4n) is 1.34. The van der Waals surface area contributed by atoms with Crippen LogP contribution in [0.4, 0.5) is 5.69 Å². The van der Waals surface area contributed by atoms with E-state index in [1.807, 2.05) is 19.9 Å². The molecule has 0 aliphatic heterocycles. The largest absolute Gasteiger partial charge is 0.482 e. The lowest BCUT2D eigenvalue weighted by atomic mass is 10.1. The Morgan fingerprint density at radius 3 is 2.69 bits per heavy atom. The molecule has 0 amide bonds. The van der Waals surface area contributed by atoms with Gasteiger partial charge in [-0.2, -0.15) is 0 Å². The first-order chi connectivity index (χ1) is 7.56. The minimum absolute atomic E-state index is 0.0861. The third kappa shape index (κ3) is 2.89. The number of hydrogen-bond donors (Lipinski definition) is 1. The van der Waals surface area contributed by atoms with Gasteiger partial charge in [0.1, 0.15) is 5.75 Å². The van der Waals surface area contributed by atoms with E-state index in [0.29, 0.717) is 18.0 Å². The summed E-state index contributed by atoms with van der Waals surface area (Å²) in [5.74, 6) is 0.247. The van der Waals surface area contributed by atoms with Gasteiger partial charge in [0.25, 0.3) is 0 Å². The van der Waals surface area contributed by atoms with Gasteiger partial charge in [-0.05, 0) is 32.4 Å². The lowest BCUT2D eigenvalue weighted by Gasteiger charge is -2.11. The topological polar surface area (TPSA) is 61.5 Å². The van der Waals surface area contributed by atoms with Gasteiger partial charge in [0.15, 0.2) is 6.61 Å². The predicted octanol–water partition coefficient (Wildman–Crippen LogP) is 1.83. The lowest BCUT2D eigenvalue weighted by molar-refractivity contribution is -0.145. The zero-order valence-electron chi connectivity index (χ0n) is 9.87. The van der Waals surface area contributed by atoms with E-state index < -0.39 is 0 Å². The smallest absolute Gasteiger partial charge is 0.344 e. The van der Waals surface area contributed by atoms with Crippen LogP contribution in [-0.2, 0) is 9.53 Å². The van der Waals surface area contributed by atoms with Crippen LogP contribution in [-0.4, -0.2) is 19.2 Å². The zero-order valence-corrected chi connectivity index (χ0v) is 9.87. The molecule has 0 radical (unpaired) electrons. The number of anilines is 1. The van der Waals surface area contributed by atoms with Gasteiger partial charge in [-0.3, -0.25) is 0 Å². The molecule has 0 spiro atoms. The maximum absolute atomic E-state index is 11.1. The lowest BCUT2D eigenvalue weighted by Crippen LogP contribution is -2.15. The third-order valence-electron chi connectivity index (χ3n) is 2.33. The first-order valence-corrected chi connectivity index (χ1v) is 5.20. The summed E-state index contributed by atoms with van der Waals surface area (Å²) < 4.78 is 10.1. The van der Waals surface area contributed by atoms with Crippen LogP contribution in [0.2, 0.25) is 0 Å². The Balaban J connectivity index is 2.68. The van der Waals surface area contributed by atoms with Crippen molar-refractivity contribution in [2.24, 2.45) is 0 Å². The van der Waals surface area contributed by atoms with Crippen LogP contribution in [0.15, 0.2) is 12.1 Å². The highest BCUT2D eigenvalue weighted by molar-refractivity contribution is 5.71. The SMILES string of the molecule is CCOC(=O)COc1ccc(C)c(N)c1C. The fraction of sp³-hybridized carbons (Fsp3) is 0.417. The Labute approximate surface area is 95.3 Å². The monoisotopic (exact) mass is 223 g/mol. The molecule has 0 aliphatic carbocycles. The van der Waals surface area contributed by atoms with E-state index in [1.54, 1.807) is 13.0 Å². The first-order valence-electron chi connectivity index (χ1n) is 5.20. The molecule has 0 saturated carbocycles. The Morgan fingerprint density at radius 2 is 2.06 bits per heavy atom. The van der Waals surface area contributed by atoms with Gasteiger partial charge in [-0.15, -0.1) is 0 Å². The Bertz CT molecular complexity index is 388. The molecule has 4 heteroatoms. The van der Waals surface area contributed by atoms with Gasteiger partial charge in [0.2, 0.25) is 0 Å². The maximum Gasteiger partial charge on any atom is 0.344 e. The van der Waals surface area contributed by atoms with Gasteiger partial charge in [-0.25, -0.2) is 4.79 Å². The molecule has 0 saturated heterocycles. The number of carbonyl (C=O) groups is 1. The van der Waals surface area contributed by atoms with Crippen molar-refractivity contribution < 1.29 is 14.3 Å². The molecule has 1 rings (SSSR count). The number of nitrogens with two attached hydrogens (primary N) is 1. The summed E-state index contributed by atoms with van der Waals surface area (Å²) in [4.78, 5) is 11.1. The highest BCUT2D eigenvalue weighted by atomic mass is 16.6. The standard InChI is InChI=1S/C12H17NO3/c1-4-15-11(14)7-16-10-6-5-8(2)12(13)9(10)3/h5-6H,4,7,13H2,1-3H3. The molecule has 1 aromatic carbocycles. The first kappa shape index (κ1) is 12.4. The molecule has 0 fully saturated rings. The normalized spacial score (nSPS) is 9.94. The molecule has 16 heavy (non-hydrogen) atoms. The van der Waals surface area contributed by atoms with Gasteiger partial charge < -0.3 is 15.2 Å². The van der Waals surface area contributed by atoms with E-state index in [-0.39, 0.29) is 12.6 Å². The van der Waals surface area contributed by atoms with Crippen molar-refractivity contribution >= 4 is 11.7 Å².